The lowest BCUT2D eigenvalue weighted by Gasteiger charge is -2.22. The largest absolute Gasteiger partial charge is 0.494 e. The van der Waals surface area contributed by atoms with Crippen LogP contribution in [0.25, 0.3) is 0 Å². The molecule has 0 bridgehead atoms. The van der Waals surface area contributed by atoms with Gasteiger partial charge in [-0.05, 0) is 31.5 Å². The fourth-order valence-corrected chi connectivity index (χ4v) is 2.37. The molecular weight excluding hydrogens is 429 g/mol. The van der Waals surface area contributed by atoms with Crippen LogP contribution in [0.4, 0.5) is 0 Å². The number of halogens is 1. The molecule has 0 atom stereocenters. The highest BCUT2D eigenvalue weighted by atomic mass is 127. The third-order valence-corrected chi connectivity index (χ3v) is 3.53. The van der Waals surface area contributed by atoms with Gasteiger partial charge in [0.1, 0.15) is 5.75 Å². The number of imidazole rings is 1. The second-order valence-electron chi connectivity index (χ2n) is 5.47. The zero-order chi connectivity index (χ0) is 17.2. The Balaban J connectivity index is 0.00000312. The van der Waals surface area contributed by atoms with E-state index in [1.807, 2.05) is 36.1 Å². The Kier molecular flexibility index (Phi) is 9.98. The van der Waals surface area contributed by atoms with Crippen molar-refractivity contribution in [3.05, 3.63) is 48.5 Å². The number of hydrogen-bond donors (Lipinski definition) is 1. The van der Waals surface area contributed by atoms with E-state index in [2.05, 4.69) is 46.3 Å². The van der Waals surface area contributed by atoms with Gasteiger partial charge in [0.25, 0.3) is 0 Å². The molecule has 0 aliphatic carbocycles. The SMILES string of the molecule is CCNC(=NCCn1ccnc1)N(C)Cc1ccc(OCC)cc1.I. The van der Waals surface area contributed by atoms with Crippen molar-refractivity contribution in [1.29, 1.82) is 0 Å². The topological polar surface area (TPSA) is 54.7 Å². The monoisotopic (exact) mass is 457 g/mol. The molecule has 25 heavy (non-hydrogen) atoms. The van der Waals surface area contributed by atoms with Crippen LogP contribution in [0.2, 0.25) is 0 Å². The summed E-state index contributed by atoms with van der Waals surface area (Å²) in [4.78, 5) is 10.9. The Morgan fingerprint density at radius 3 is 2.64 bits per heavy atom. The maximum Gasteiger partial charge on any atom is 0.194 e. The molecule has 6 nitrogen and oxygen atoms in total. The number of rotatable bonds is 8. The number of benzene rings is 1. The van der Waals surface area contributed by atoms with Gasteiger partial charge in [-0.2, -0.15) is 0 Å². The van der Waals surface area contributed by atoms with E-state index in [1.165, 1.54) is 5.56 Å². The summed E-state index contributed by atoms with van der Waals surface area (Å²) in [5.74, 6) is 1.82. The standard InChI is InChI=1S/C18H27N5O.HI/c1-4-20-18(21-11-13-23-12-10-19-15-23)22(3)14-16-6-8-17(9-7-16)24-5-2;/h6-10,12,15H,4-5,11,13-14H2,1-3H3,(H,20,21);1H. The second kappa shape index (κ2) is 11.7. The van der Waals surface area contributed by atoms with Crippen LogP contribution in [0.3, 0.4) is 0 Å². The molecule has 1 aromatic heterocycles. The van der Waals surface area contributed by atoms with E-state index in [9.17, 15) is 0 Å². The van der Waals surface area contributed by atoms with E-state index in [-0.39, 0.29) is 24.0 Å². The summed E-state index contributed by atoms with van der Waals surface area (Å²) in [6, 6.07) is 8.21. The molecule has 0 spiro atoms. The predicted molar refractivity (Wildman–Crippen MR) is 113 cm³/mol. The van der Waals surface area contributed by atoms with Crippen molar-refractivity contribution in [3.8, 4) is 5.75 Å². The predicted octanol–water partition coefficient (Wildman–Crippen LogP) is 3.00. The number of nitrogens with one attached hydrogen (secondary N) is 1. The minimum Gasteiger partial charge on any atom is -0.494 e. The summed E-state index contributed by atoms with van der Waals surface area (Å²) < 4.78 is 7.51. The van der Waals surface area contributed by atoms with Gasteiger partial charge in [-0.3, -0.25) is 4.99 Å². The second-order valence-corrected chi connectivity index (χ2v) is 5.47. The van der Waals surface area contributed by atoms with Crippen molar-refractivity contribution in [2.24, 2.45) is 4.99 Å². The fourth-order valence-electron chi connectivity index (χ4n) is 2.37. The average molecular weight is 457 g/mol. The zero-order valence-electron chi connectivity index (χ0n) is 15.2. The Bertz CT molecular complexity index is 613. The molecule has 0 saturated carbocycles. The van der Waals surface area contributed by atoms with Gasteiger partial charge >= 0.3 is 0 Å². The van der Waals surface area contributed by atoms with Crippen LogP contribution in [-0.4, -0.2) is 47.2 Å². The van der Waals surface area contributed by atoms with Crippen LogP contribution in [0.5, 0.6) is 5.75 Å². The molecule has 2 aromatic rings. The molecule has 0 fully saturated rings. The number of aromatic nitrogens is 2. The summed E-state index contributed by atoms with van der Waals surface area (Å²) in [5, 5.41) is 3.34. The van der Waals surface area contributed by atoms with E-state index < -0.39 is 0 Å². The normalized spacial score (nSPS) is 10.9. The van der Waals surface area contributed by atoms with Crippen molar-refractivity contribution in [2.75, 3.05) is 26.7 Å². The van der Waals surface area contributed by atoms with Crippen LogP contribution in [0.1, 0.15) is 19.4 Å². The van der Waals surface area contributed by atoms with Crippen LogP contribution in [0.15, 0.2) is 48.0 Å². The Morgan fingerprint density at radius 2 is 2.04 bits per heavy atom. The van der Waals surface area contributed by atoms with Gasteiger partial charge in [0.2, 0.25) is 0 Å². The lowest BCUT2D eigenvalue weighted by Crippen LogP contribution is -2.38. The van der Waals surface area contributed by atoms with E-state index >= 15 is 0 Å². The van der Waals surface area contributed by atoms with Gasteiger partial charge in [-0.15, -0.1) is 24.0 Å². The fraction of sp³-hybridized carbons (Fsp3) is 0.444. The maximum atomic E-state index is 5.48. The summed E-state index contributed by atoms with van der Waals surface area (Å²) >= 11 is 0. The lowest BCUT2D eigenvalue weighted by atomic mass is 10.2. The van der Waals surface area contributed by atoms with Gasteiger partial charge < -0.3 is 19.5 Å². The maximum absolute atomic E-state index is 5.48. The number of guanidine groups is 1. The van der Waals surface area contributed by atoms with Gasteiger partial charge in [-0.1, -0.05) is 12.1 Å². The third kappa shape index (κ3) is 7.33. The molecular formula is C18H28IN5O. The number of ether oxygens (including phenoxy) is 1. The molecule has 7 heteroatoms. The van der Waals surface area contributed by atoms with E-state index in [0.717, 1.165) is 31.3 Å². The van der Waals surface area contributed by atoms with Crippen LogP contribution in [-0.2, 0) is 13.1 Å². The van der Waals surface area contributed by atoms with Crippen molar-refractivity contribution < 1.29 is 4.74 Å². The van der Waals surface area contributed by atoms with Gasteiger partial charge in [0.15, 0.2) is 5.96 Å². The molecule has 1 aromatic carbocycles. The van der Waals surface area contributed by atoms with E-state index in [4.69, 9.17) is 4.74 Å². The Hall–Kier alpha value is -1.77. The lowest BCUT2D eigenvalue weighted by molar-refractivity contribution is 0.340. The van der Waals surface area contributed by atoms with Crippen molar-refractivity contribution in [3.63, 3.8) is 0 Å². The first-order chi connectivity index (χ1) is 11.7. The number of hydrogen-bond acceptors (Lipinski definition) is 3. The zero-order valence-corrected chi connectivity index (χ0v) is 17.5. The minimum atomic E-state index is 0. The van der Waals surface area contributed by atoms with Gasteiger partial charge in [-0.25, -0.2) is 4.98 Å². The molecule has 0 unspecified atom stereocenters. The van der Waals surface area contributed by atoms with Crippen molar-refractivity contribution in [2.45, 2.75) is 26.9 Å². The highest BCUT2D eigenvalue weighted by Gasteiger charge is 2.06. The summed E-state index contributed by atoms with van der Waals surface area (Å²) in [7, 11) is 2.05. The molecule has 0 amide bonds. The van der Waals surface area contributed by atoms with Crippen molar-refractivity contribution >= 4 is 29.9 Å². The summed E-state index contributed by atoms with van der Waals surface area (Å²) in [5.41, 5.74) is 1.22. The highest BCUT2D eigenvalue weighted by Crippen LogP contribution is 2.13. The van der Waals surface area contributed by atoms with E-state index in [0.29, 0.717) is 13.2 Å². The highest BCUT2D eigenvalue weighted by molar-refractivity contribution is 14.0. The summed E-state index contributed by atoms with van der Waals surface area (Å²) in [6.07, 6.45) is 5.55. The van der Waals surface area contributed by atoms with Crippen LogP contribution >= 0.6 is 24.0 Å². The van der Waals surface area contributed by atoms with Crippen LogP contribution in [0, 0.1) is 0 Å². The molecule has 0 aliphatic rings. The van der Waals surface area contributed by atoms with Crippen molar-refractivity contribution in [1.82, 2.24) is 19.8 Å². The first-order valence-corrected chi connectivity index (χ1v) is 8.39. The average Bonchev–Trinajstić information content (AvgIpc) is 3.09. The molecule has 138 valence electrons. The van der Waals surface area contributed by atoms with E-state index in [1.54, 1.807) is 6.20 Å². The molecule has 2 rings (SSSR count). The molecule has 0 radical (unpaired) electrons. The summed E-state index contributed by atoms with van der Waals surface area (Å²) in [6.45, 7) is 7.94. The molecule has 0 aliphatic heterocycles. The molecule has 1 heterocycles. The number of nitrogens with zero attached hydrogens (tertiary/aromatic N) is 4. The van der Waals surface area contributed by atoms with Crippen LogP contribution < -0.4 is 10.1 Å². The first-order valence-electron chi connectivity index (χ1n) is 8.39. The van der Waals surface area contributed by atoms with Gasteiger partial charge in [0.05, 0.1) is 19.5 Å². The molecule has 0 saturated heterocycles. The smallest absolute Gasteiger partial charge is 0.194 e. The quantitative estimate of drug-likeness (QED) is 0.376. The first kappa shape index (κ1) is 21.3. The third-order valence-electron chi connectivity index (χ3n) is 3.53. The Labute approximate surface area is 167 Å². The van der Waals surface area contributed by atoms with Gasteiger partial charge in [0, 0.05) is 39.1 Å². The Morgan fingerprint density at radius 1 is 1.28 bits per heavy atom. The molecule has 1 N–H and O–H groups in total. The number of aliphatic imine (C=N–C) groups is 1. The minimum absolute atomic E-state index is 0.